The molecular weight excluding hydrogens is 337 g/mol. The lowest BCUT2D eigenvalue weighted by Crippen LogP contribution is -2.13. The molecule has 6 nitrogen and oxygen atoms in total. The zero-order valence-electron chi connectivity index (χ0n) is 11.2. The van der Waals surface area contributed by atoms with Gasteiger partial charge in [-0.2, -0.15) is 0 Å². The van der Waals surface area contributed by atoms with Crippen molar-refractivity contribution in [3.63, 3.8) is 0 Å². The van der Waals surface area contributed by atoms with Crippen LogP contribution in [0.15, 0.2) is 29.4 Å². The number of aromatic nitrogens is 3. The molecule has 0 fully saturated rings. The van der Waals surface area contributed by atoms with Crippen molar-refractivity contribution in [1.29, 1.82) is 0 Å². The fourth-order valence-corrected chi connectivity index (χ4v) is 2.89. The lowest BCUT2D eigenvalue weighted by Gasteiger charge is -2.08. The second-order valence-electron chi connectivity index (χ2n) is 4.28. The van der Waals surface area contributed by atoms with Crippen LogP contribution in [0.1, 0.15) is 11.4 Å². The lowest BCUT2D eigenvalue weighted by atomic mass is 10.1. The van der Waals surface area contributed by atoms with Gasteiger partial charge in [0.1, 0.15) is 5.82 Å². The maximum absolute atomic E-state index is 11.5. The van der Waals surface area contributed by atoms with Gasteiger partial charge in [-0.25, -0.2) is 8.42 Å². The van der Waals surface area contributed by atoms with Gasteiger partial charge in [0.05, 0.1) is 6.61 Å². The molecule has 0 bridgehead atoms. The first-order valence-electron chi connectivity index (χ1n) is 6.02. The summed E-state index contributed by atoms with van der Waals surface area (Å²) in [7, 11) is 2.94. The highest BCUT2D eigenvalue weighted by molar-refractivity contribution is 8.13. The third-order valence-corrected chi connectivity index (χ3v) is 4.21. The van der Waals surface area contributed by atoms with Crippen molar-refractivity contribution in [3.8, 4) is 0 Å². The summed E-state index contributed by atoms with van der Waals surface area (Å²) in [6.07, 6.45) is 0.417. The van der Waals surface area contributed by atoms with Crippen molar-refractivity contribution in [1.82, 2.24) is 14.8 Å². The number of nitrogens with zero attached hydrogens (tertiary/aromatic N) is 3. The van der Waals surface area contributed by atoms with Gasteiger partial charge in [-0.3, -0.25) is 4.57 Å². The Balaban J connectivity index is 2.34. The Kier molecular flexibility index (Phi) is 5.21. The Bertz CT molecular complexity index is 714. The van der Waals surface area contributed by atoms with Crippen LogP contribution in [-0.4, -0.2) is 36.9 Å². The molecule has 2 rings (SSSR count). The molecule has 0 N–H and O–H groups in total. The molecule has 0 saturated carbocycles. The van der Waals surface area contributed by atoms with Crippen LogP contribution in [0, 0.1) is 0 Å². The highest BCUT2D eigenvalue weighted by Crippen LogP contribution is 2.17. The Morgan fingerprint density at radius 3 is 2.48 bits per heavy atom. The first-order valence-corrected chi connectivity index (χ1v) is 8.70. The maximum atomic E-state index is 11.5. The monoisotopic (exact) mass is 349 g/mol. The van der Waals surface area contributed by atoms with Crippen molar-refractivity contribution in [3.05, 3.63) is 40.7 Å². The van der Waals surface area contributed by atoms with Gasteiger partial charge in [0, 0.05) is 35.8 Å². The average molecular weight is 350 g/mol. The standard InChI is InChI=1S/C12H13Cl2N3O3S/c1-20-7-6-17-11(15-16-12(17)21(14,18)19)8-9-2-4-10(13)5-3-9/h2-5H,6-8H2,1H3. The van der Waals surface area contributed by atoms with Crippen molar-refractivity contribution in [2.45, 2.75) is 18.1 Å². The zero-order valence-corrected chi connectivity index (χ0v) is 13.5. The Hall–Kier alpha value is -1.15. The Morgan fingerprint density at radius 1 is 1.24 bits per heavy atom. The van der Waals surface area contributed by atoms with Gasteiger partial charge in [-0.1, -0.05) is 23.7 Å². The summed E-state index contributed by atoms with van der Waals surface area (Å²) < 4.78 is 29.4. The summed E-state index contributed by atoms with van der Waals surface area (Å²) in [5.41, 5.74) is 0.934. The van der Waals surface area contributed by atoms with E-state index >= 15 is 0 Å². The molecule has 2 aromatic rings. The van der Waals surface area contributed by atoms with Crippen molar-refractivity contribution >= 4 is 31.3 Å². The van der Waals surface area contributed by atoms with Gasteiger partial charge in [-0.15, -0.1) is 10.2 Å². The smallest absolute Gasteiger partial charge is 0.296 e. The van der Waals surface area contributed by atoms with E-state index in [2.05, 4.69) is 10.2 Å². The number of hydrogen-bond donors (Lipinski definition) is 0. The molecule has 0 unspecified atom stereocenters. The number of ether oxygens (including phenoxy) is 1. The molecule has 0 atom stereocenters. The second kappa shape index (κ2) is 6.74. The minimum Gasteiger partial charge on any atom is -0.383 e. The molecule has 1 aromatic carbocycles. The Morgan fingerprint density at radius 2 is 1.90 bits per heavy atom. The highest BCUT2D eigenvalue weighted by atomic mass is 35.7. The van der Waals surface area contributed by atoms with Gasteiger partial charge >= 0.3 is 0 Å². The van der Waals surface area contributed by atoms with Gasteiger partial charge in [0.25, 0.3) is 14.2 Å². The average Bonchev–Trinajstić information content (AvgIpc) is 2.82. The highest BCUT2D eigenvalue weighted by Gasteiger charge is 2.22. The molecule has 0 saturated heterocycles. The predicted octanol–water partition coefficient (Wildman–Crippen LogP) is 2.10. The third kappa shape index (κ3) is 4.16. The minimum absolute atomic E-state index is 0.273. The number of benzene rings is 1. The number of rotatable bonds is 6. The molecule has 1 heterocycles. The van der Waals surface area contributed by atoms with Crippen LogP contribution < -0.4 is 0 Å². The van der Waals surface area contributed by atoms with Gasteiger partial charge in [0.15, 0.2) is 0 Å². The van der Waals surface area contributed by atoms with Crippen LogP contribution in [0.4, 0.5) is 0 Å². The van der Waals surface area contributed by atoms with E-state index in [0.29, 0.717) is 30.4 Å². The van der Waals surface area contributed by atoms with Crippen LogP contribution in [0.5, 0.6) is 0 Å². The van der Waals surface area contributed by atoms with Crippen LogP contribution >= 0.6 is 22.3 Å². The van der Waals surface area contributed by atoms with Crippen molar-refractivity contribution < 1.29 is 13.2 Å². The molecule has 1 aromatic heterocycles. The summed E-state index contributed by atoms with van der Waals surface area (Å²) in [4.78, 5) is 0. The number of hydrogen-bond acceptors (Lipinski definition) is 5. The van der Waals surface area contributed by atoms with E-state index in [1.54, 1.807) is 12.1 Å². The maximum Gasteiger partial charge on any atom is 0.296 e. The fourth-order valence-electron chi connectivity index (χ4n) is 1.82. The topological polar surface area (TPSA) is 74.1 Å². The third-order valence-electron chi connectivity index (χ3n) is 2.81. The van der Waals surface area contributed by atoms with Gasteiger partial charge in [0.2, 0.25) is 0 Å². The molecule has 0 aliphatic carbocycles. The zero-order chi connectivity index (χ0) is 15.5. The molecule has 0 radical (unpaired) electrons. The fraction of sp³-hybridized carbons (Fsp3) is 0.333. The molecule has 0 spiro atoms. The van der Waals surface area contributed by atoms with Crippen LogP contribution in [0.2, 0.25) is 5.02 Å². The van der Waals surface area contributed by atoms with E-state index in [0.717, 1.165) is 5.56 Å². The molecular formula is C12H13Cl2N3O3S. The van der Waals surface area contributed by atoms with E-state index in [4.69, 9.17) is 27.0 Å². The van der Waals surface area contributed by atoms with Gasteiger partial charge in [-0.05, 0) is 17.7 Å². The van der Waals surface area contributed by atoms with Crippen LogP contribution in [0.3, 0.4) is 0 Å². The Labute approximate surface area is 132 Å². The van der Waals surface area contributed by atoms with Gasteiger partial charge < -0.3 is 4.74 Å². The van der Waals surface area contributed by atoms with Crippen molar-refractivity contribution in [2.75, 3.05) is 13.7 Å². The van der Waals surface area contributed by atoms with Crippen LogP contribution in [0.25, 0.3) is 0 Å². The summed E-state index contributed by atoms with van der Waals surface area (Å²) in [5, 5.41) is 7.93. The molecule has 0 aliphatic rings. The molecule has 9 heteroatoms. The summed E-state index contributed by atoms with van der Waals surface area (Å²) in [6.45, 7) is 0.624. The van der Waals surface area contributed by atoms with Crippen LogP contribution in [-0.2, 0) is 26.8 Å². The normalized spacial score (nSPS) is 11.8. The summed E-state index contributed by atoms with van der Waals surface area (Å²) in [5.74, 6) is 0.494. The van der Waals surface area contributed by atoms with E-state index < -0.39 is 9.05 Å². The summed E-state index contributed by atoms with van der Waals surface area (Å²) in [6, 6.07) is 7.19. The minimum atomic E-state index is -3.96. The van der Waals surface area contributed by atoms with E-state index in [1.165, 1.54) is 11.7 Å². The quantitative estimate of drug-likeness (QED) is 0.746. The van der Waals surface area contributed by atoms with E-state index in [-0.39, 0.29) is 5.16 Å². The predicted molar refractivity (Wildman–Crippen MR) is 79.2 cm³/mol. The van der Waals surface area contributed by atoms with E-state index in [9.17, 15) is 8.42 Å². The SMILES string of the molecule is COCCn1c(Cc2ccc(Cl)cc2)nnc1S(=O)(=O)Cl. The molecule has 21 heavy (non-hydrogen) atoms. The largest absolute Gasteiger partial charge is 0.383 e. The second-order valence-corrected chi connectivity index (χ2v) is 7.18. The number of methoxy groups -OCH3 is 1. The molecule has 114 valence electrons. The van der Waals surface area contributed by atoms with E-state index in [1.807, 2.05) is 12.1 Å². The lowest BCUT2D eigenvalue weighted by molar-refractivity contribution is 0.183. The first kappa shape index (κ1) is 16.2. The summed E-state index contributed by atoms with van der Waals surface area (Å²) >= 11 is 5.83. The number of halogens is 2. The molecule has 0 aliphatic heterocycles. The first-order chi connectivity index (χ1) is 9.91. The molecule has 0 amide bonds. The van der Waals surface area contributed by atoms with Crippen molar-refractivity contribution in [2.24, 2.45) is 0 Å².